The van der Waals surface area contributed by atoms with E-state index < -0.39 is 16.0 Å². The van der Waals surface area contributed by atoms with Crippen LogP contribution in [0, 0.1) is 5.92 Å². The van der Waals surface area contributed by atoms with Crippen molar-refractivity contribution < 1.29 is 17.9 Å². The molecule has 0 aliphatic heterocycles. The van der Waals surface area contributed by atoms with Gasteiger partial charge >= 0.3 is 5.97 Å². The van der Waals surface area contributed by atoms with Crippen LogP contribution in [-0.4, -0.2) is 44.6 Å². The molecule has 6 heteroatoms. The highest BCUT2D eigenvalue weighted by molar-refractivity contribution is 7.89. The van der Waals surface area contributed by atoms with E-state index >= 15 is 0 Å². The Kier molecular flexibility index (Phi) is 4.10. The molecular weight excluding hydrogens is 218 g/mol. The van der Waals surface area contributed by atoms with Gasteiger partial charge in [0.1, 0.15) is 6.54 Å². The molecular formula is C9H17NO4S. The van der Waals surface area contributed by atoms with Crippen molar-refractivity contribution in [1.29, 1.82) is 0 Å². The summed E-state index contributed by atoms with van der Waals surface area (Å²) in [7, 11) is -2.03. The summed E-state index contributed by atoms with van der Waals surface area (Å²) in [6, 6.07) is 0. The Morgan fingerprint density at radius 2 is 2.07 bits per heavy atom. The molecule has 0 aromatic carbocycles. The zero-order valence-corrected chi connectivity index (χ0v) is 9.92. The molecule has 15 heavy (non-hydrogen) atoms. The van der Waals surface area contributed by atoms with Crippen LogP contribution in [0.5, 0.6) is 0 Å². The lowest BCUT2D eigenvalue weighted by molar-refractivity contribution is -0.140. The third kappa shape index (κ3) is 3.79. The molecule has 88 valence electrons. The number of hydrogen-bond acceptors (Lipinski definition) is 4. The molecule has 0 saturated heterocycles. The summed E-state index contributed by atoms with van der Waals surface area (Å²) in [5.41, 5.74) is 0. The first-order valence-electron chi connectivity index (χ1n) is 5.04. The van der Waals surface area contributed by atoms with Gasteiger partial charge < -0.3 is 4.74 Å². The molecule has 0 aromatic heterocycles. The first-order valence-corrected chi connectivity index (χ1v) is 6.65. The van der Waals surface area contributed by atoms with Crippen LogP contribution in [0.4, 0.5) is 0 Å². The van der Waals surface area contributed by atoms with Crippen LogP contribution >= 0.6 is 0 Å². The lowest BCUT2D eigenvalue weighted by Crippen LogP contribution is -2.37. The topological polar surface area (TPSA) is 63.7 Å². The molecule has 0 N–H and O–H groups in total. The minimum atomic E-state index is -3.28. The molecule has 0 radical (unpaired) electrons. The number of nitrogens with zero attached hydrogens (tertiary/aromatic N) is 1. The van der Waals surface area contributed by atoms with Crippen molar-refractivity contribution >= 4 is 16.0 Å². The van der Waals surface area contributed by atoms with Crippen LogP contribution in [0.1, 0.15) is 19.8 Å². The van der Waals surface area contributed by atoms with E-state index in [1.807, 2.05) is 0 Å². The average Bonchev–Trinajstić information content (AvgIpc) is 2.96. The standard InChI is InChI=1S/C9H17NO4S/c1-3-10(6-9(11)14-2)15(12,13)7-8-4-5-8/h8H,3-7H2,1-2H3. The third-order valence-electron chi connectivity index (χ3n) is 2.42. The maximum Gasteiger partial charge on any atom is 0.321 e. The highest BCUT2D eigenvalue weighted by Crippen LogP contribution is 2.31. The summed E-state index contributed by atoms with van der Waals surface area (Å²) in [4.78, 5) is 11.0. The molecule has 1 saturated carbocycles. The molecule has 0 spiro atoms. The Hall–Kier alpha value is -0.620. The Morgan fingerprint density at radius 3 is 2.47 bits per heavy atom. The first kappa shape index (κ1) is 12.4. The van der Waals surface area contributed by atoms with E-state index in [9.17, 15) is 13.2 Å². The van der Waals surface area contributed by atoms with Gasteiger partial charge in [-0.05, 0) is 18.8 Å². The van der Waals surface area contributed by atoms with Crippen LogP contribution < -0.4 is 0 Å². The van der Waals surface area contributed by atoms with Gasteiger partial charge in [-0.1, -0.05) is 6.92 Å². The van der Waals surface area contributed by atoms with Crippen LogP contribution in [0.2, 0.25) is 0 Å². The zero-order valence-electron chi connectivity index (χ0n) is 9.10. The quantitative estimate of drug-likeness (QED) is 0.618. The van der Waals surface area contributed by atoms with Gasteiger partial charge in [-0.25, -0.2) is 8.42 Å². The number of sulfonamides is 1. The Bertz CT molecular complexity index is 321. The largest absolute Gasteiger partial charge is 0.468 e. The number of likely N-dealkylation sites (N-methyl/N-ethyl adjacent to an activating group) is 1. The van der Waals surface area contributed by atoms with Crippen molar-refractivity contribution in [2.75, 3.05) is 26.0 Å². The van der Waals surface area contributed by atoms with E-state index in [-0.39, 0.29) is 12.3 Å². The lowest BCUT2D eigenvalue weighted by Gasteiger charge is -2.18. The number of ether oxygens (including phenoxy) is 1. The van der Waals surface area contributed by atoms with E-state index in [2.05, 4.69) is 4.74 Å². The molecule has 1 aliphatic carbocycles. The van der Waals surface area contributed by atoms with Gasteiger partial charge in [0.05, 0.1) is 12.9 Å². The highest BCUT2D eigenvalue weighted by Gasteiger charge is 2.32. The van der Waals surface area contributed by atoms with Crippen molar-refractivity contribution in [1.82, 2.24) is 4.31 Å². The third-order valence-corrected chi connectivity index (χ3v) is 4.49. The summed E-state index contributed by atoms with van der Waals surface area (Å²) >= 11 is 0. The van der Waals surface area contributed by atoms with Crippen LogP contribution in [0.3, 0.4) is 0 Å². The van der Waals surface area contributed by atoms with E-state index in [0.29, 0.717) is 12.5 Å². The normalized spacial score (nSPS) is 16.7. The highest BCUT2D eigenvalue weighted by atomic mass is 32.2. The maximum atomic E-state index is 11.8. The number of hydrogen-bond donors (Lipinski definition) is 0. The van der Waals surface area contributed by atoms with Gasteiger partial charge in [0, 0.05) is 6.54 Å². The minimum Gasteiger partial charge on any atom is -0.468 e. The monoisotopic (exact) mass is 235 g/mol. The molecule has 0 bridgehead atoms. The number of carbonyl (C=O) groups excluding carboxylic acids is 1. The summed E-state index contributed by atoms with van der Waals surface area (Å²) in [5.74, 6) is -0.0596. The summed E-state index contributed by atoms with van der Waals surface area (Å²) < 4.78 is 29.2. The SMILES string of the molecule is CCN(CC(=O)OC)S(=O)(=O)CC1CC1. The van der Waals surface area contributed by atoms with Crippen molar-refractivity contribution in [3.63, 3.8) is 0 Å². The van der Waals surface area contributed by atoms with Gasteiger partial charge in [0.2, 0.25) is 10.0 Å². The second kappa shape index (κ2) is 4.94. The van der Waals surface area contributed by atoms with Crippen LogP contribution in [0.25, 0.3) is 0 Å². The first-order chi connectivity index (χ1) is 6.99. The van der Waals surface area contributed by atoms with Crippen molar-refractivity contribution in [3.05, 3.63) is 0 Å². The number of esters is 1. The second-order valence-corrected chi connectivity index (χ2v) is 5.74. The number of methoxy groups -OCH3 is 1. The van der Waals surface area contributed by atoms with Crippen molar-refractivity contribution in [2.45, 2.75) is 19.8 Å². The Balaban J connectivity index is 2.58. The molecule has 5 nitrogen and oxygen atoms in total. The summed E-state index contributed by atoms with van der Waals surface area (Å²) in [5, 5.41) is 0. The van der Waals surface area contributed by atoms with Crippen LogP contribution in [0.15, 0.2) is 0 Å². The summed E-state index contributed by atoms with van der Waals surface area (Å²) in [6.07, 6.45) is 1.96. The van der Waals surface area contributed by atoms with Gasteiger partial charge in [-0.3, -0.25) is 4.79 Å². The van der Waals surface area contributed by atoms with Gasteiger partial charge in [-0.15, -0.1) is 0 Å². The van der Waals surface area contributed by atoms with E-state index in [1.165, 1.54) is 11.4 Å². The molecule has 0 atom stereocenters. The molecule has 1 rings (SSSR count). The van der Waals surface area contributed by atoms with Crippen molar-refractivity contribution in [3.8, 4) is 0 Å². The fourth-order valence-electron chi connectivity index (χ4n) is 1.30. The molecule has 0 aromatic rings. The molecule has 1 aliphatic rings. The van der Waals surface area contributed by atoms with Gasteiger partial charge in [0.25, 0.3) is 0 Å². The molecule has 1 fully saturated rings. The lowest BCUT2D eigenvalue weighted by atomic mass is 10.5. The molecule has 0 heterocycles. The van der Waals surface area contributed by atoms with E-state index in [0.717, 1.165) is 12.8 Å². The average molecular weight is 235 g/mol. The number of rotatable bonds is 6. The zero-order chi connectivity index (χ0) is 11.5. The predicted molar refractivity (Wildman–Crippen MR) is 55.8 cm³/mol. The smallest absolute Gasteiger partial charge is 0.321 e. The van der Waals surface area contributed by atoms with E-state index in [1.54, 1.807) is 6.92 Å². The molecule has 0 unspecified atom stereocenters. The van der Waals surface area contributed by atoms with E-state index in [4.69, 9.17) is 0 Å². The second-order valence-electron chi connectivity index (χ2n) is 3.72. The predicted octanol–water partition coefficient (Wildman–Crippen LogP) is 0.221. The fourth-order valence-corrected chi connectivity index (χ4v) is 3.14. The number of carbonyl (C=O) groups is 1. The molecule has 0 amide bonds. The minimum absolute atomic E-state index is 0.165. The Morgan fingerprint density at radius 1 is 1.47 bits per heavy atom. The Labute approximate surface area is 90.4 Å². The summed E-state index contributed by atoms with van der Waals surface area (Å²) in [6.45, 7) is 1.85. The van der Waals surface area contributed by atoms with Gasteiger partial charge in [0.15, 0.2) is 0 Å². The van der Waals surface area contributed by atoms with Crippen molar-refractivity contribution in [2.24, 2.45) is 5.92 Å². The maximum absolute atomic E-state index is 11.8. The van der Waals surface area contributed by atoms with Gasteiger partial charge in [-0.2, -0.15) is 4.31 Å². The fraction of sp³-hybridized carbons (Fsp3) is 0.889. The van der Waals surface area contributed by atoms with Crippen LogP contribution in [-0.2, 0) is 19.6 Å².